The van der Waals surface area contributed by atoms with Crippen LogP contribution in [0.15, 0.2) is 0 Å². The molecule has 1 heterocycles. The van der Waals surface area contributed by atoms with Crippen LogP contribution in [0.1, 0.15) is 19.8 Å². The first kappa shape index (κ1) is 14.4. The molecule has 7 nitrogen and oxygen atoms in total. The van der Waals surface area contributed by atoms with Crippen molar-refractivity contribution >= 4 is 17.8 Å². The first-order valence-electron chi connectivity index (χ1n) is 5.79. The first-order chi connectivity index (χ1) is 8.45. The Kier molecular flexibility index (Phi) is 5.08. The van der Waals surface area contributed by atoms with Gasteiger partial charge in [-0.2, -0.15) is 0 Å². The van der Waals surface area contributed by atoms with Crippen LogP contribution >= 0.6 is 0 Å². The number of carboxylic acids is 1. The second-order valence-corrected chi connectivity index (χ2v) is 4.32. The second-order valence-electron chi connectivity index (χ2n) is 4.32. The number of aliphatic carboxylic acids is 1. The van der Waals surface area contributed by atoms with E-state index in [1.54, 1.807) is 0 Å². The molecule has 2 unspecified atom stereocenters. The van der Waals surface area contributed by atoms with Gasteiger partial charge >= 0.3 is 11.9 Å². The Morgan fingerprint density at radius 2 is 2.17 bits per heavy atom. The number of methoxy groups -OCH3 is 1. The second kappa shape index (κ2) is 6.34. The molecular formula is C11H18N2O5. The summed E-state index contributed by atoms with van der Waals surface area (Å²) in [5.41, 5.74) is 0. The number of esters is 1. The van der Waals surface area contributed by atoms with E-state index in [1.165, 1.54) is 7.11 Å². The predicted octanol–water partition coefficient (Wildman–Crippen LogP) is -0.883. The van der Waals surface area contributed by atoms with E-state index in [0.717, 1.165) is 6.54 Å². The summed E-state index contributed by atoms with van der Waals surface area (Å²) in [6, 6.07) is -1.23. The summed E-state index contributed by atoms with van der Waals surface area (Å²) in [7, 11) is 1.17. The molecule has 18 heavy (non-hydrogen) atoms. The average Bonchev–Trinajstić information content (AvgIpc) is 2.74. The fourth-order valence-electron chi connectivity index (χ4n) is 1.95. The highest BCUT2D eigenvalue weighted by molar-refractivity contribution is 5.88. The molecule has 0 aromatic heterocycles. The predicted molar refractivity (Wildman–Crippen MR) is 61.8 cm³/mol. The zero-order chi connectivity index (χ0) is 13.7. The number of carbonyl (C=O) groups excluding carboxylic acids is 2. The lowest BCUT2D eigenvalue weighted by molar-refractivity contribution is -0.149. The fraction of sp³-hybridized carbons (Fsp3) is 0.727. The van der Waals surface area contributed by atoms with Gasteiger partial charge in [0.2, 0.25) is 5.91 Å². The van der Waals surface area contributed by atoms with Crippen molar-refractivity contribution in [2.24, 2.45) is 5.92 Å². The maximum absolute atomic E-state index is 11.9. The van der Waals surface area contributed by atoms with E-state index in [-0.39, 0.29) is 24.3 Å². The SMILES string of the molecule is COC(=O)C[C@H](NC(=O)C1CCNC1C)C(=O)O. The molecule has 0 aliphatic carbocycles. The maximum atomic E-state index is 11.9. The van der Waals surface area contributed by atoms with Crippen molar-refractivity contribution in [3.8, 4) is 0 Å². The minimum atomic E-state index is -1.24. The van der Waals surface area contributed by atoms with Crippen LogP contribution in [0.5, 0.6) is 0 Å². The van der Waals surface area contributed by atoms with Gasteiger partial charge < -0.3 is 20.5 Å². The smallest absolute Gasteiger partial charge is 0.326 e. The van der Waals surface area contributed by atoms with Gasteiger partial charge in [-0.25, -0.2) is 4.79 Å². The summed E-state index contributed by atoms with van der Waals surface area (Å²) in [4.78, 5) is 33.9. The largest absolute Gasteiger partial charge is 0.480 e. The van der Waals surface area contributed by atoms with Crippen LogP contribution in [0.3, 0.4) is 0 Å². The van der Waals surface area contributed by atoms with Gasteiger partial charge in [-0.1, -0.05) is 0 Å². The Bertz CT molecular complexity index is 344. The third kappa shape index (κ3) is 3.69. The molecule has 1 aliphatic heterocycles. The van der Waals surface area contributed by atoms with Crippen molar-refractivity contribution < 1.29 is 24.2 Å². The van der Waals surface area contributed by atoms with Crippen molar-refractivity contribution in [2.45, 2.75) is 31.8 Å². The van der Waals surface area contributed by atoms with Gasteiger partial charge in [0.1, 0.15) is 6.04 Å². The fourth-order valence-corrected chi connectivity index (χ4v) is 1.95. The topological polar surface area (TPSA) is 105 Å². The van der Waals surface area contributed by atoms with E-state index in [0.29, 0.717) is 6.42 Å². The van der Waals surface area contributed by atoms with E-state index in [4.69, 9.17) is 5.11 Å². The molecule has 1 aliphatic rings. The lowest BCUT2D eigenvalue weighted by Crippen LogP contribution is -2.46. The number of rotatable bonds is 5. The van der Waals surface area contributed by atoms with Crippen LogP contribution in [0.25, 0.3) is 0 Å². The monoisotopic (exact) mass is 258 g/mol. The van der Waals surface area contributed by atoms with Gasteiger partial charge in [0.05, 0.1) is 19.4 Å². The molecule has 0 aromatic rings. The Morgan fingerprint density at radius 3 is 2.61 bits per heavy atom. The summed E-state index contributed by atoms with van der Waals surface area (Å²) < 4.78 is 4.39. The number of nitrogens with one attached hydrogen (secondary N) is 2. The summed E-state index contributed by atoms with van der Waals surface area (Å²) in [6.45, 7) is 2.60. The van der Waals surface area contributed by atoms with E-state index in [1.807, 2.05) is 6.92 Å². The standard InChI is InChI=1S/C11H18N2O5/c1-6-7(3-4-12-6)10(15)13-8(11(16)17)5-9(14)18-2/h6-8,12H,3-5H2,1-2H3,(H,13,15)(H,16,17)/t6?,7?,8-/m0/s1. The summed E-state index contributed by atoms with van der Waals surface area (Å²) >= 11 is 0. The highest BCUT2D eigenvalue weighted by atomic mass is 16.5. The van der Waals surface area contributed by atoms with E-state index < -0.39 is 18.0 Å². The molecule has 3 atom stereocenters. The molecule has 0 aromatic carbocycles. The Hall–Kier alpha value is -1.63. The van der Waals surface area contributed by atoms with Crippen LogP contribution in [0, 0.1) is 5.92 Å². The average molecular weight is 258 g/mol. The summed E-state index contributed by atoms with van der Waals surface area (Å²) in [6.07, 6.45) is 0.295. The number of carbonyl (C=O) groups is 3. The molecule has 0 saturated carbocycles. The Balaban J connectivity index is 2.57. The molecular weight excluding hydrogens is 240 g/mol. The van der Waals surface area contributed by atoms with Gasteiger partial charge in [0, 0.05) is 6.04 Å². The quantitative estimate of drug-likeness (QED) is 0.553. The van der Waals surface area contributed by atoms with Crippen molar-refractivity contribution in [3.05, 3.63) is 0 Å². The van der Waals surface area contributed by atoms with E-state index >= 15 is 0 Å². The number of hydrogen-bond donors (Lipinski definition) is 3. The molecule has 0 spiro atoms. The highest BCUT2D eigenvalue weighted by Crippen LogP contribution is 2.15. The molecule has 0 radical (unpaired) electrons. The van der Waals surface area contributed by atoms with Crippen LogP contribution in [0.4, 0.5) is 0 Å². The molecule has 102 valence electrons. The number of amides is 1. The third-order valence-electron chi connectivity index (χ3n) is 3.08. The maximum Gasteiger partial charge on any atom is 0.326 e. The first-order valence-corrected chi connectivity index (χ1v) is 5.79. The number of ether oxygens (including phenoxy) is 1. The number of carboxylic acid groups (broad SMARTS) is 1. The normalized spacial score (nSPS) is 24.3. The summed E-state index contributed by atoms with van der Waals surface area (Å²) in [5.74, 6) is -2.51. The van der Waals surface area contributed by atoms with Gasteiger partial charge in [-0.05, 0) is 19.9 Å². The lowest BCUT2D eigenvalue weighted by Gasteiger charge is -2.18. The van der Waals surface area contributed by atoms with Crippen LogP contribution in [-0.4, -0.2) is 48.7 Å². The van der Waals surface area contributed by atoms with Gasteiger partial charge in [-0.3, -0.25) is 9.59 Å². The zero-order valence-corrected chi connectivity index (χ0v) is 10.4. The van der Waals surface area contributed by atoms with Gasteiger partial charge in [0.15, 0.2) is 0 Å². The van der Waals surface area contributed by atoms with Crippen LogP contribution in [-0.2, 0) is 19.1 Å². The number of hydrogen-bond acceptors (Lipinski definition) is 5. The lowest BCUT2D eigenvalue weighted by atomic mass is 10.0. The molecule has 0 bridgehead atoms. The highest BCUT2D eigenvalue weighted by Gasteiger charge is 2.32. The molecule has 7 heteroatoms. The molecule has 1 saturated heterocycles. The van der Waals surface area contributed by atoms with Crippen LogP contribution in [0.2, 0.25) is 0 Å². The van der Waals surface area contributed by atoms with Crippen LogP contribution < -0.4 is 10.6 Å². The molecule has 1 rings (SSSR count). The van der Waals surface area contributed by atoms with Crippen molar-refractivity contribution in [1.29, 1.82) is 0 Å². The van der Waals surface area contributed by atoms with Gasteiger partial charge in [0.25, 0.3) is 0 Å². The summed E-state index contributed by atoms with van der Waals surface area (Å²) in [5, 5.41) is 14.4. The minimum absolute atomic E-state index is 0.0116. The Labute approximate surface area is 105 Å². The molecule has 1 amide bonds. The molecule has 3 N–H and O–H groups in total. The van der Waals surface area contributed by atoms with E-state index in [2.05, 4.69) is 15.4 Å². The van der Waals surface area contributed by atoms with Gasteiger partial charge in [-0.15, -0.1) is 0 Å². The Morgan fingerprint density at radius 1 is 1.50 bits per heavy atom. The molecule has 1 fully saturated rings. The third-order valence-corrected chi connectivity index (χ3v) is 3.08. The van der Waals surface area contributed by atoms with Crippen molar-refractivity contribution in [3.63, 3.8) is 0 Å². The van der Waals surface area contributed by atoms with Crippen molar-refractivity contribution in [1.82, 2.24) is 10.6 Å². The minimum Gasteiger partial charge on any atom is -0.480 e. The zero-order valence-electron chi connectivity index (χ0n) is 10.4. The van der Waals surface area contributed by atoms with E-state index in [9.17, 15) is 14.4 Å². The van der Waals surface area contributed by atoms with Crippen molar-refractivity contribution in [2.75, 3.05) is 13.7 Å².